The number of carbonyl (C=O) groups excluding carboxylic acids is 1. The first kappa shape index (κ1) is 13.8. The summed E-state index contributed by atoms with van der Waals surface area (Å²) in [5, 5.41) is 0. The maximum atomic E-state index is 11.0. The highest BCUT2D eigenvalue weighted by Gasteiger charge is 2.17. The number of ether oxygens (including phenoxy) is 2. The van der Waals surface area contributed by atoms with Crippen LogP contribution in [0.25, 0.3) is 0 Å². The topological polar surface area (TPSA) is 69.7 Å². The van der Waals surface area contributed by atoms with Crippen molar-refractivity contribution in [2.24, 2.45) is 0 Å². The predicted octanol–water partition coefficient (Wildman–Crippen LogP) is 1.58. The number of rotatable bonds is 5. The van der Waals surface area contributed by atoms with Crippen LogP contribution in [0.4, 0.5) is 0 Å². The first-order valence-electron chi connectivity index (χ1n) is 4.53. The van der Waals surface area contributed by atoms with Crippen LogP contribution < -0.4 is 9.47 Å². The number of methoxy groups -OCH3 is 2. The van der Waals surface area contributed by atoms with Crippen molar-refractivity contribution in [2.75, 3.05) is 14.2 Å². The molecule has 0 fully saturated rings. The molecule has 0 aliphatic carbocycles. The van der Waals surface area contributed by atoms with Gasteiger partial charge in [0.1, 0.15) is 6.29 Å². The summed E-state index contributed by atoms with van der Waals surface area (Å²) in [6.07, 6.45) is 0.590. The van der Waals surface area contributed by atoms with Crippen molar-refractivity contribution in [3.05, 3.63) is 23.3 Å². The van der Waals surface area contributed by atoms with Gasteiger partial charge in [-0.25, -0.2) is 8.42 Å². The molecular weight excluding hydrogens is 268 g/mol. The predicted molar refractivity (Wildman–Crippen MR) is 63.4 cm³/mol. The Hall–Kier alpha value is -1.27. The second-order valence-corrected chi connectivity index (χ2v) is 5.99. The fourth-order valence-electron chi connectivity index (χ4n) is 1.43. The van der Waals surface area contributed by atoms with E-state index in [1.165, 1.54) is 26.4 Å². The quantitative estimate of drug-likeness (QED) is 0.604. The van der Waals surface area contributed by atoms with Gasteiger partial charge in [0.15, 0.2) is 11.5 Å². The molecule has 0 heterocycles. The minimum atomic E-state index is -3.74. The first-order chi connectivity index (χ1) is 7.91. The standard InChI is InChI=1S/C10H11ClO5S/c1-15-9-4-7(5-12)3-8(10(9)16-2)6-17(11,13)14/h3-5H,6H2,1-2H3. The zero-order valence-electron chi connectivity index (χ0n) is 9.27. The summed E-state index contributed by atoms with van der Waals surface area (Å²) in [5.41, 5.74) is 0.571. The van der Waals surface area contributed by atoms with Gasteiger partial charge >= 0.3 is 0 Å². The van der Waals surface area contributed by atoms with E-state index in [0.29, 0.717) is 6.29 Å². The summed E-state index contributed by atoms with van der Waals surface area (Å²) >= 11 is 0. The number of benzene rings is 1. The van der Waals surface area contributed by atoms with Gasteiger partial charge in [-0.2, -0.15) is 0 Å². The molecule has 7 heteroatoms. The fourth-order valence-corrected chi connectivity index (χ4v) is 2.37. The monoisotopic (exact) mass is 278 g/mol. The molecule has 0 radical (unpaired) electrons. The molecule has 0 N–H and O–H groups in total. The van der Waals surface area contributed by atoms with Crippen LogP contribution in [0.15, 0.2) is 12.1 Å². The second kappa shape index (κ2) is 5.37. The van der Waals surface area contributed by atoms with Gasteiger partial charge < -0.3 is 9.47 Å². The van der Waals surface area contributed by atoms with Crippen LogP contribution in [-0.2, 0) is 14.8 Å². The Balaban J connectivity index is 3.39. The van der Waals surface area contributed by atoms with Crippen LogP contribution in [0, 0.1) is 0 Å². The maximum Gasteiger partial charge on any atom is 0.236 e. The molecule has 0 spiro atoms. The van der Waals surface area contributed by atoms with E-state index < -0.39 is 14.8 Å². The zero-order chi connectivity index (χ0) is 13.1. The van der Waals surface area contributed by atoms with Crippen LogP contribution in [0.2, 0.25) is 0 Å². The van der Waals surface area contributed by atoms with E-state index in [2.05, 4.69) is 0 Å². The molecule has 5 nitrogen and oxygen atoms in total. The largest absolute Gasteiger partial charge is 0.493 e. The number of halogens is 1. The Labute approximate surface area is 104 Å². The van der Waals surface area contributed by atoms with Gasteiger partial charge in [-0.3, -0.25) is 4.79 Å². The molecule has 0 bridgehead atoms. The lowest BCUT2D eigenvalue weighted by molar-refractivity contribution is 0.112. The van der Waals surface area contributed by atoms with Crippen LogP contribution in [0.5, 0.6) is 11.5 Å². The summed E-state index contributed by atoms with van der Waals surface area (Å²) in [5.74, 6) is 0.102. The third-order valence-corrected chi connectivity index (χ3v) is 3.03. The molecule has 1 rings (SSSR count). The molecule has 1 aromatic carbocycles. The van der Waals surface area contributed by atoms with E-state index in [4.69, 9.17) is 20.2 Å². The average molecular weight is 279 g/mol. The summed E-state index contributed by atoms with van der Waals surface area (Å²) < 4.78 is 32.2. The lowest BCUT2D eigenvalue weighted by Gasteiger charge is -2.12. The van der Waals surface area contributed by atoms with Gasteiger partial charge in [0.2, 0.25) is 9.05 Å². The molecule has 0 atom stereocenters. The highest BCUT2D eigenvalue weighted by atomic mass is 35.7. The summed E-state index contributed by atoms with van der Waals surface area (Å²) in [4.78, 5) is 10.7. The minimum absolute atomic E-state index is 0.252. The maximum absolute atomic E-state index is 11.0. The van der Waals surface area contributed by atoms with Gasteiger partial charge in [-0.05, 0) is 12.1 Å². The van der Waals surface area contributed by atoms with Gasteiger partial charge in [0.25, 0.3) is 0 Å². The van der Waals surface area contributed by atoms with Crippen LogP contribution in [0.3, 0.4) is 0 Å². The number of carbonyl (C=O) groups is 1. The molecule has 0 saturated heterocycles. The Morgan fingerprint density at radius 2 is 1.94 bits per heavy atom. The van der Waals surface area contributed by atoms with E-state index in [1.807, 2.05) is 0 Å². The normalized spacial score (nSPS) is 11.0. The van der Waals surface area contributed by atoms with Crippen molar-refractivity contribution in [2.45, 2.75) is 5.75 Å². The van der Waals surface area contributed by atoms with E-state index in [0.717, 1.165) is 0 Å². The molecule has 17 heavy (non-hydrogen) atoms. The Kier molecular flexibility index (Phi) is 4.36. The van der Waals surface area contributed by atoms with Gasteiger partial charge in [-0.15, -0.1) is 0 Å². The average Bonchev–Trinajstić information content (AvgIpc) is 2.25. The number of hydrogen-bond donors (Lipinski definition) is 0. The highest BCUT2D eigenvalue weighted by Crippen LogP contribution is 2.33. The summed E-state index contributed by atoms with van der Waals surface area (Å²) in [6, 6.07) is 2.85. The Bertz CT molecular complexity index is 524. The van der Waals surface area contributed by atoms with Crippen molar-refractivity contribution in [3.63, 3.8) is 0 Å². The summed E-state index contributed by atoms with van der Waals surface area (Å²) in [7, 11) is 4.21. The molecule has 1 aromatic rings. The Morgan fingerprint density at radius 3 is 2.35 bits per heavy atom. The van der Waals surface area contributed by atoms with Crippen molar-refractivity contribution in [1.82, 2.24) is 0 Å². The smallest absolute Gasteiger partial charge is 0.236 e. The fraction of sp³-hybridized carbons (Fsp3) is 0.300. The van der Waals surface area contributed by atoms with Crippen molar-refractivity contribution in [1.29, 1.82) is 0 Å². The molecular formula is C10H11ClO5S. The van der Waals surface area contributed by atoms with E-state index in [1.54, 1.807) is 0 Å². The van der Waals surface area contributed by atoms with Crippen molar-refractivity contribution >= 4 is 26.0 Å². The minimum Gasteiger partial charge on any atom is -0.493 e. The number of hydrogen-bond acceptors (Lipinski definition) is 5. The molecule has 0 aliphatic rings. The van der Waals surface area contributed by atoms with E-state index in [9.17, 15) is 13.2 Å². The van der Waals surface area contributed by atoms with Gasteiger partial charge in [0.05, 0.1) is 20.0 Å². The molecule has 0 aromatic heterocycles. The van der Waals surface area contributed by atoms with Crippen LogP contribution in [0.1, 0.15) is 15.9 Å². The van der Waals surface area contributed by atoms with E-state index in [-0.39, 0.29) is 22.6 Å². The first-order valence-corrected chi connectivity index (χ1v) is 7.01. The Morgan fingerprint density at radius 1 is 1.29 bits per heavy atom. The van der Waals surface area contributed by atoms with Crippen molar-refractivity contribution < 1.29 is 22.7 Å². The molecule has 94 valence electrons. The lowest BCUT2D eigenvalue weighted by atomic mass is 10.1. The van der Waals surface area contributed by atoms with Crippen LogP contribution >= 0.6 is 10.7 Å². The molecule has 0 amide bonds. The van der Waals surface area contributed by atoms with Gasteiger partial charge in [-0.1, -0.05) is 0 Å². The third-order valence-electron chi connectivity index (χ3n) is 2.04. The SMILES string of the molecule is COc1cc(C=O)cc(CS(=O)(=O)Cl)c1OC. The van der Waals surface area contributed by atoms with Crippen molar-refractivity contribution in [3.8, 4) is 11.5 Å². The lowest BCUT2D eigenvalue weighted by Crippen LogP contribution is -2.02. The van der Waals surface area contributed by atoms with E-state index >= 15 is 0 Å². The molecule has 0 saturated carbocycles. The highest BCUT2D eigenvalue weighted by molar-refractivity contribution is 8.13. The van der Waals surface area contributed by atoms with Crippen LogP contribution in [-0.4, -0.2) is 28.9 Å². The second-order valence-electron chi connectivity index (χ2n) is 3.22. The third kappa shape index (κ3) is 3.61. The summed E-state index contributed by atoms with van der Waals surface area (Å²) in [6.45, 7) is 0. The zero-order valence-corrected chi connectivity index (χ0v) is 10.8. The number of aldehydes is 1. The molecule has 0 aliphatic heterocycles. The van der Waals surface area contributed by atoms with Gasteiger partial charge in [0, 0.05) is 21.8 Å². The molecule has 0 unspecified atom stereocenters.